The monoisotopic (exact) mass is 395 g/mol. The SMILES string of the molecule is CCNC(=NCCNC(=O)c1cccc(C)c1)N1CCN(c2ncccn2)CC1. The highest BCUT2D eigenvalue weighted by molar-refractivity contribution is 5.94. The van der Waals surface area contributed by atoms with E-state index in [1.165, 1.54) is 0 Å². The molecule has 8 nitrogen and oxygen atoms in total. The van der Waals surface area contributed by atoms with Crippen LogP contribution in [0.5, 0.6) is 0 Å². The van der Waals surface area contributed by atoms with Crippen LogP contribution in [0.25, 0.3) is 0 Å². The van der Waals surface area contributed by atoms with Crippen molar-refractivity contribution in [3.8, 4) is 0 Å². The Balaban J connectivity index is 1.49. The van der Waals surface area contributed by atoms with Crippen LogP contribution in [0.15, 0.2) is 47.7 Å². The van der Waals surface area contributed by atoms with Crippen LogP contribution in [-0.2, 0) is 0 Å². The molecule has 0 atom stereocenters. The molecule has 3 rings (SSSR count). The highest BCUT2D eigenvalue weighted by Crippen LogP contribution is 2.09. The fourth-order valence-corrected chi connectivity index (χ4v) is 3.22. The maximum Gasteiger partial charge on any atom is 0.251 e. The van der Waals surface area contributed by atoms with Crippen molar-refractivity contribution in [3.05, 3.63) is 53.9 Å². The van der Waals surface area contributed by atoms with Gasteiger partial charge in [-0.25, -0.2) is 9.97 Å². The minimum absolute atomic E-state index is 0.0645. The maximum atomic E-state index is 12.2. The molecule has 0 aliphatic carbocycles. The van der Waals surface area contributed by atoms with E-state index >= 15 is 0 Å². The van der Waals surface area contributed by atoms with E-state index in [1.807, 2.05) is 37.3 Å². The average Bonchev–Trinajstić information content (AvgIpc) is 2.76. The predicted octanol–water partition coefficient (Wildman–Crippen LogP) is 1.30. The van der Waals surface area contributed by atoms with Gasteiger partial charge in [-0.3, -0.25) is 9.79 Å². The van der Waals surface area contributed by atoms with Gasteiger partial charge in [0, 0.05) is 57.2 Å². The summed E-state index contributed by atoms with van der Waals surface area (Å²) in [6, 6.07) is 9.41. The maximum absolute atomic E-state index is 12.2. The third kappa shape index (κ3) is 5.91. The number of guanidine groups is 1. The van der Waals surface area contributed by atoms with Crippen molar-refractivity contribution in [2.24, 2.45) is 4.99 Å². The number of amides is 1. The second-order valence-electron chi connectivity index (χ2n) is 6.88. The van der Waals surface area contributed by atoms with Crippen molar-refractivity contribution in [1.82, 2.24) is 25.5 Å². The number of aromatic nitrogens is 2. The molecule has 1 amide bonds. The molecule has 0 unspecified atom stereocenters. The number of anilines is 1. The number of rotatable bonds is 6. The number of carbonyl (C=O) groups excluding carboxylic acids is 1. The van der Waals surface area contributed by atoms with Crippen molar-refractivity contribution in [3.63, 3.8) is 0 Å². The molecular formula is C21H29N7O. The third-order valence-electron chi connectivity index (χ3n) is 4.69. The zero-order valence-corrected chi connectivity index (χ0v) is 17.1. The number of carbonyl (C=O) groups is 1. The summed E-state index contributed by atoms with van der Waals surface area (Å²) in [4.78, 5) is 30.0. The fraction of sp³-hybridized carbons (Fsp3) is 0.429. The first-order chi connectivity index (χ1) is 14.2. The molecule has 0 saturated carbocycles. The highest BCUT2D eigenvalue weighted by atomic mass is 16.1. The second-order valence-corrected chi connectivity index (χ2v) is 6.88. The van der Waals surface area contributed by atoms with E-state index < -0.39 is 0 Å². The molecule has 2 N–H and O–H groups in total. The Hall–Kier alpha value is -3.16. The van der Waals surface area contributed by atoms with Gasteiger partial charge >= 0.3 is 0 Å². The largest absolute Gasteiger partial charge is 0.357 e. The van der Waals surface area contributed by atoms with E-state index in [4.69, 9.17) is 0 Å². The summed E-state index contributed by atoms with van der Waals surface area (Å²) in [6.07, 6.45) is 3.54. The van der Waals surface area contributed by atoms with Crippen molar-refractivity contribution in [2.45, 2.75) is 13.8 Å². The van der Waals surface area contributed by atoms with E-state index in [2.05, 4.69) is 42.3 Å². The summed E-state index contributed by atoms with van der Waals surface area (Å²) in [5.74, 6) is 1.59. The van der Waals surface area contributed by atoms with Crippen molar-refractivity contribution in [1.29, 1.82) is 0 Å². The summed E-state index contributed by atoms with van der Waals surface area (Å²) >= 11 is 0. The molecular weight excluding hydrogens is 366 g/mol. The number of piperazine rings is 1. The molecule has 8 heteroatoms. The van der Waals surface area contributed by atoms with Gasteiger partial charge in [0.25, 0.3) is 5.91 Å². The number of nitrogens with one attached hydrogen (secondary N) is 2. The molecule has 1 aliphatic heterocycles. The van der Waals surface area contributed by atoms with Gasteiger partial charge in [-0.15, -0.1) is 0 Å². The average molecular weight is 396 g/mol. The molecule has 1 aliphatic rings. The van der Waals surface area contributed by atoms with Gasteiger partial charge in [-0.1, -0.05) is 17.7 Å². The van der Waals surface area contributed by atoms with Gasteiger partial charge in [0.05, 0.1) is 6.54 Å². The fourth-order valence-electron chi connectivity index (χ4n) is 3.22. The van der Waals surface area contributed by atoms with Crippen LogP contribution in [0.3, 0.4) is 0 Å². The lowest BCUT2D eigenvalue weighted by Gasteiger charge is -2.36. The minimum atomic E-state index is -0.0645. The van der Waals surface area contributed by atoms with Gasteiger partial charge in [0.1, 0.15) is 0 Å². The standard InChI is InChI=1S/C21H29N7O/c1-3-22-20(26-11-10-23-19(29)18-7-4-6-17(2)16-18)27-12-14-28(15-13-27)21-24-8-5-9-25-21/h4-9,16H,3,10-15H2,1-2H3,(H,22,26)(H,23,29). The topological polar surface area (TPSA) is 85.8 Å². The van der Waals surface area contributed by atoms with Crippen LogP contribution in [0.4, 0.5) is 5.95 Å². The lowest BCUT2D eigenvalue weighted by molar-refractivity contribution is 0.0954. The van der Waals surface area contributed by atoms with E-state index in [9.17, 15) is 4.79 Å². The number of aliphatic imine (C=N–C) groups is 1. The van der Waals surface area contributed by atoms with Gasteiger partial charge < -0.3 is 20.4 Å². The Morgan fingerprint density at radius 2 is 1.86 bits per heavy atom. The first-order valence-electron chi connectivity index (χ1n) is 10.1. The Morgan fingerprint density at radius 3 is 2.55 bits per heavy atom. The summed E-state index contributed by atoms with van der Waals surface area (Å²) < 4.78 is 0. The number of hydrogen-bond donors (Lipinski definition) is 2. The summed E-state index contributed by atoms with van der Waals surface area (Å²) in [5.41, 5.74) is 1.75. The molecule has 0 radical (unpaired) electrons. The van der Waals surface area contributed by atoms with Crippen LogP contribution < -0.4 is 15.5 Å². The van der Waals surface area contributed by atoms with Crippen molar-refractivity contribution >= 4 is 17.8 Å². The van der Waals surface area contributed by atoms with Crippen LogP contribution in [0, 0.1) is 6.92 Å². The van der Waals surface area contributed by atoms with E-state index in [-0.39, 0.29) is 5.91 Å². The lowest BCUT2D eigenvalue weighted by atomic mass is 10.1. The van der Waals surface area contributed by atoms with Crippen LogP contribution in [0.1, 0.15) is 22.8 Å². The second kappa shape index (κ2) is 10.4. The molecule has 0 bridgehead atoms. The molecule has 1 saturated heterocycles. The molecule has 0 spiro atoms. The zero-order chi connectivity index (χ0) is 20.5. The van der Waals surface area contributed by atoms with E-state index in [0.717, 1.165) is 50.2 Å². The van der Waals surface area contributed by atoms with Gasteiger partial charge in [-0.05, 0) is 32.0 Å². The highest BCUT2D eigenvalue weighted by Gasteiger charge is 2.20. The van der Waals surface area contributed by atoms with Crippen molar-refractivity contribution in [2.75, 3.05) is 50.7 Å². The van der Waals surface area contributed by atoms with Crippen LogP contribution >= 0.6 is 0 Å². The Morgan fingerprint density at radius 1 is 1.10 bits per heavy atom. The van der Waals surface area contributed by atoms with Crippen molar-refractivity contribution < 1.29 is 4.79 Å². The molecule has 154 valence electrons. The van der Waals surface area contributed by atoms with E-state index in [0.29, 0.717) is 18.7 Å². The Labute approximate surface area is 172 Å². The molecule has 29 heavy (non-hydrogen) atoms. The van der Waals surface area contributed by atoms with Gasteiger partial charge in [-0.2, -0.15) is 0 Å². The molecule has 1 fully saturated rings. The molecule has 2 aromatic rings. The Bertz CT molecular complexity index is 817. The minimum Gasteiger partial charge on any atom is -0.357 e. The number of hydrogen-bond acceptors (Lipinski definition) is 5. The zero-order valence-electron chi connectivity index (χ0n) is 17.1. The van der Waals surface area contributed by atoms with Gasteiger partial charge in [0.15, 0.2) is 5.96 Å². The lowest BCUT2D eigenvalue weighted by Crippen LogP contribution is -2.53. The van der Waals surface area contributed by atoms with Crippen LogP contribution in [0.2, 0.25) is 0 Å². The van der Waals surface area contributed by atoms with Crippen LogP contribution in [-0.4, -0.2) is 72.5 Å². The summed E-state index contributed by atoms with van der Waals surface area (Å²) in [5, 5.41) is 6.29. The summed E-state index contributed by atoms with van der Waals surface area (Å²) in [6.45, 7) is 9.25. The smallest absolute Gasteiger partial charge is 0.251 e. The summed E-state index contributed by atoms with van der Waals surface area (Å²) in [7, 11) is 0. The molecule has 1 aromatic heterocycles. The number of aryl methyl sites for hydroxylation is 1. The molecule has 2 heterocycles. The Kier molecular flexibility index (Phi) is 7.38. The third-order valence-corrected chi connectivity index (χ3v) is 4.69. The molecule has 1 aromatic carbocycles. The quantitative estimate of drug-likeness (QED) is 0.436. The first-order valence-corrected chi connectivity index (χ1v) is 10.1. The van der Waals surface area contributed by atoms with E-state index in [1.54, 1.807) is 12.4 Å². The number of nitrogens with zero attached hydrogens (tertiary/aromatic N) is 5. The first kappa shape index (κ1) is 20.6. The number of benzene rings is 1. The van der Waals surface area contributed by atoms with Gasteiger partial charge in [0.2, 0.25) is 5.95 Å². The normalized spacial score (nSPS) is 14.6. The predicted molar refractivity (Wildman–Crippen MR) is 115 cm³/mol.